The summed E-state index contributed by atoms with van der Waals surface area (Å²) in [7, 11) is 4.45. The fraction of sp³-hybridized carbons (Fsp3) is 0.231. The molecule has 2 rings (SSSR count). The van der Waals surface area contributed by atoms with E-state index in [1.54, 1.807) is 49.4 Å². The van der Waals surface area contributed by atoms with Crippen LogP contribution >= 0.6 is 0 Å². The van der Waals surface area contributed by atoms with Crippen LogP contribution in [0.25, 0.3) is 5.69 Å². The van der Waals surface area contributed by atoms with E-state index in [0.29, 0.717) is 17.2 Å². The van der Waals surface area contributed by atoms with Crippen LogP contribution in [0.4, 0.5) is 0 Å². The molecule has 0 unspecified atom stereocenters. The molecule has 6 heteroatoms. The number of carbonyl (C=O) groups is 1. The van der Waals surface area contributed by atoms with Crippen molar-refractivity contribution in [3.05, 3.63) is 36.2 Å². The number of hydrogen-bond acceptors (Lipinski definition) is 5. The summed E-state index contributed by atoms with van der Waals surface area (Å²) in [6.45, 7) is 0. The minimum atomic E-state index is -0.480. The van der Waals surface area contributed by atoms with Gasteiger partial charge in [0.25, 0.3) is 0 Å². The normalized spacial score (nSPS) is 10.1. The molecule has 0 aliphatic heterocycles. The summed E-state index contributed by atoms with van der Waals surface area (Å²) in [5.41, 5.74) is 0.943. The summed E-state index contributed by atoms with van der Waals surface area (Å²) in [4.78, 5) is 11.4. The Hall–Kier alpha value is -2.50. The molecular formula is C13H14N2O4. The van der Waals surface area contributed by atoms with Crippen molar-refractivity contribution in [1.29, 1.82) is 0 Å². The third-order valence-corrected chi connectivity index (χ3v) is 2.62. The van der Waals surface area contributed by atoms with E-state index in [9.17, 15) is 4.79 Å². The number of benzene rings is 1. The first kappa shape index (κ1) is 12.9. The van der Waals surface area contributed by atoms with E-state index >= 15 is 0 Å². The lowest BCUT2D eigenvalue weighted by Gasteiger charge is -2.10. The second-order valence-corrected chi connectivity index (χ2v) is 3.67. The lowest BCUT2D eigenvalue weighted by atomic mass is 10.3. The van der Waals surface area contributed by atoms with Crippen molar-refractivity contribution in [1.82, 2.24) is 9.78 Å². The molecule has 0 saturated carbocycles. The Labute approximate surface area is 110 Å². The highest BCUT2D eigenvalue weighted by molar-refractivity contribution is 5.87. The van der Waals surface area contributed by atoms with Crippen LogP contribution in [-0.2, 0) is 4.74 Å². The average molecular weight is 262 g/mol. The Kier molecular flexibility index (Phi) is 3.70. The summed E-state index contributed by atoms with van der Waals surface area (Å²) in [5, 5.41) is 4.14. The third kappa shape index (κ3) is 2.52. The van der Waals surface area contributed by atoms with Gasteiger partial charge in [0.05, 0.1) is 21.3 Å². The van der Waals surface area contributed by atoms with Gasteiger partial charge in [-0.2, -0.15) is 5.10 Å². The first-order chi connectivity index (χ1) is 9.19. The summed E-state index contributed by atoms with van der Waals surface area (Å²) < 4.78 is 16.6. The minimum absolute atomic E-state index is 0.236. The average Bonchev–Trinajstić information content (AvgIpc) is 2.95. The molecule has 1 aromatic heterocycles. The summed E-state index contributed by atoms with van der Waals surface area (Å²) >= 11 is 0. The van der Waals surface area contributed by atoms with E-state index in [0.717, 1.165) is 0 Å². The molecular weight excluding hydrogens is 248 g/mol. The SMILES string of the molecule is COC(=O)c1ccn(-c2ccc(OC)cc2OC)n1. The molecule has 0 aliphatic carbocycles. The molecule has 0 saturated heterocycles. The van der Waals surface area contributed by atoms with Crippen molar-refractivity contribution in [3.8, 4) is 17.2 Å². The molecule has 1 aromatic carbocycles. The van der Waals surface area contributed by atoms with Crippen molar-refractivity contribution in [2.24, 2.45) is 0 Å². The standard InChI is InChI=1S/C13H14N2O4/c1-17-9-4-5-11(12(8-9)18-2)15-7-6-10(14-15)13(16)19-3/h4-8H,1-3H3. The number of methoxy groups -OCH3 is 3. The molecule has 19 heavy (non-hydrogen) atoms. The zero-order valence-electron chi connectivity index (χ0n) is 10.9. The Morgan fingerprint density at radius 2 is 1.95 bits per heavy atom. The van der Waals surface area contributed by atoms with Crippen LogP contribution in [-0.4, -0.2) is 37.1 Å². The van der Waals surface area contributed by atoms with Crippen LogP contribution in [0.15, 0.2) is 30.5 Å². The maximum atomic E-state index is 11.4. The number of nitrogens with zero attached hydrogens (tertiary/aromatic N) is 2. The Bertz CT molecular complexity index is 592. The lowest BCUT2D eigenvalue weighted by molar-refractivity contribution is 0.0593. The van der Waals surface area contributed by atoms with Crippen LogP contribution in [0.3, 0.4) is 0 Å². The van der Waals surface area contributed by atoms with Crippen LogP contribution in [0.1, 0.15) is 10.5 Å². The van der Waals surface area contributed by atoms with E-state index in [1.165, 1.54) is 7.11 Å². The number of carbonyl (C=O) groups excluding carboxylic acids is 1. The van der Waals surface area contributed by atoms with E-state index in [1.807, 2.05) is 0 Å². The highest BCUT2D eigenvalue weighted by Crippen LogP contribution is 2.27. The van der Waals surface area contributed by atoms with Gasteiger partial charge in [0.15, 0.2) is 5.69 Å². The van der Waals surface area contributed by atoms with Crippen molar-refractivity contribution < 1.29 is 19.0 Å². The number of hydrogen-bond donors (Lipinski definition) is 0. The second-order valence-electron chi connectivity index (χ2n) is 3.67. The zero-order valence-corrected chi connectivity index (χ0v) is 10.9. The molecule has 0 N–H and O–H groups in total. The van der Waals surface area contributed by atoms with Crippen molar-refractivity contribution in [2.75, 3.05) is 21.3 Å². The van der Waals surface area contributed by atoms with Gasteiger partial charge in [-0.15, -0.1) is 0 Å². The predicted octanol–water partition coefficient (Wildman–Crippen LogP) is 1.68. The molecule has 0 aliphatic rings. The zero-order chi connectivity index (χ0) is 13.8. The number of aromatic nitrogens is 2. The van der Waals surface area contributed by atoms with Crippen molar-refractivity contribution in [3.63, 3.8) is 0 Å². The Morgan fingerprint density at radius 1 is 1.16 bits per heavy atom. The predicted molar refractivity (Wildman–Crippen MR) is 68.0 cm³/mol. The topological polar surface area (TPSA) is 62.6 Å². The van der Waals surface area contributed by atoms with Crippen LogP contribution in [0.2, 0.25) is 0 Å². The smallest absolute Gasteiger partial charge is 0.358 e. The van der Waals surface area contributed by atoms with Gasteiger partial charge in [-0.1, -0.05) is 0 Å². The van der Waals surface area contributed by atoms with E-state index in [-0.39, 0.29) is 5.69 Å². The molecule has 0 fully saturated rings. The number of esters is 1. The monoisotopic (exact) mass is 262 g/mol. The van der Waals surface area contributed by atoms with Crippen molar-refractivity contribution >= 4 is 5.97 Å². The Balaban J connectivity index is 2.41. The molecule has 100 valence electrons. The van der Waals surface area contributed by atoms with E-state index in [4.69, 9.17) is 9.47 Å². The van der Waals surface area contributed by atoms with Gasteiger partial charge in [0.1, 0.15) is 17.2 Å². The fourth-order valence-electron chi connectivity index (χ4n) is 1.65. The van der Waals surface area contributed by atoms with Crippen molar-refractivity contribution in [2.45, 2.75) is 0 Å². The number of rotatable bonds is 4. The van der Waals surface area contributed by atoms with Crippen LogP contribution < -0.4 is 9.47 Å². The maximum Gasteiger partial charge on any atom is 0.358 e. The van der Waals surface area contributed by atoms with Crippen LogP contribution in [0.5, 0.6) is 11.5 Å². The van der Waals surface area contributed by atoms with E-state index < -0.39 is 5.97 Å². The minimum Gasteiger partial charge on any atom is -0.497 e. The largest absolute Gasteiger partial charge is 0.497 e. The van der Waals surface area contributed by atoms with Gasteiger partial charge in [-0.05, 0) is 18.2 Å². The first-order valence-corrected chi connectivity index (χ1v) is 5.56. The lowest BCUT2D eigenvalue weighted by Crippen LogP contribution is -2.05. The molecule has 0 amide bonds. The Morgan fingerprint density at radius 3 is 2.58 bits per heavy atom. The summed E-state index contributed by atoms with van der Waals surface area (Å²) in [6.07, 6.45) is 1.66. The van der Waals surface area contributed by atoms with Crippen LogP contribution in [0, 0.1) is 0 Å². The molecule has 0 radical (unpaired) electrons. The highest BCUT2D eigenvalue weighted by Gasteiger charge is 2.12. The number of ether oxygens (including phenoxy) is 3. The van der Waals surface area contributed by atoms with Gasteiger partial charge in [-0.25, -0.2) is 9.48 Å². The fourth-order valence-corrected chi connectivity index (χ4v) is 1.65. The highest BCUT2D eigenvalue weighted by atomic mass is 16.5. The molecule has 2 aromatic rings. The first-order valence-electron chi connectivity index (χ1n) is 5.56. The maximum absolute atomic E-state index is 11.4. The van der Waals surface area contributed by atoms with Gasteiger partial charge in [-0.3, -0.25) is 0 Å². The van der Waals surface area contributed by atoms with E-state index in [2.05, 4.69) is 9.84 Å². The molecule has 6 nitrogen and oxygen atoms in total. The van der Waals surface area contributed by atoms with Gasteiger partial charge in [0, 0.05) is 12.3 Å². The third-order valence-electron chi connectivity index (χ3n) is 2.62. The van der Waals surface area contributed by atoms with Gasteiger partial charge < -0.3 is 14.2 Å². The molecule has 0 atom stereocenters. The quantitative estimate of drug-likeness (QED) is 0.784. The molecule has 0 bridgehead atoms. The van der Waals surface area contributed by atoms with Gasteiger partial charge in [0.2, 0.25) is 0 Å². The molecule has 1 heterocycles. The molecule has 0 spiro atoms. The van der Waals surface area contributed by atoms with Gasteiger partial charge >= 0.3 is 5.97 Å². The summed E-state index contributed by atoms with van der Waals surface area (Å²) in [5.74, 6) is 0.797. The summed E-state index contributed by atoms with van der Waals surface area (Å²) in [6, 6.07) is 6.91. The second kappa shape index (κ2) is 5.43.